The van der Waals surface area contributed by atoms with Crippen LogP contribution in [-0.2, 0) is 11.3 Å². The minimum atomic E-state index is -0.339. The maximum atomic E-state index is 12.9. The van der Waals surface area contributed by atoms with Gasteiger partial charge in [-0.2, -0.15) is 0 Å². The van der Waals surface area contributed by atoms with E-state index < -0.39 is 0 Å². The summed E-state index contributed by atoms with van der Waals surface area (Å²) < 4.78 is 20.1. The number of esters is 1. The molecule has 0 amide bonds. The third-order valence-corrected chi connectivity index (χ3v) is 5.85. The summed E-state index contributed by atoms with van der Waals surface area (Å²) in [5.41, 5.74) is 4.28. The van der Waals surface area contributed by atoms with E-state index in [0.29, 0.717) is 31.1 Å². The average molecular weight is 508 g/mol. The maximum Gasteiger partial charge on any atom is 0.340 e. The van der Waals surface area contributed by atoms with Gasteiger partial charge in [-0.1, -0.05) is 28.1 Å². The molecule has 0 aliphatic rings. The van der Waals surface area contributed by atoms with Crippen LogP contribution in [0.5, 0.6) is 11.5 Å². The summed E-state index contributed by atoms with van der Waals surface area (Å²) in [6.45, 7) is 7.06. The Morgan fingerprint density at radius 2 is 1.67 bits per heavy atom. The number of nitrogens with zero attached hydrogens (tertiary/aromatic N) is 1. The molecule has 0 spiro atoms. The lowest BCUT2D eigenvalue weighted by molar-refractivity contribution is 0.0527. The molecule has 1 heterocycles. The number of carbonyl (C=O) groups excluding carboxylic acids is 1. The van der Waals surface area contributed by atoms with Crippen LogP contribution in [0.15, 0.2) is 71.2 Å². The normalized spacial score (nSPS) is 10.9. The molecule has 0 bridgehead atoms. The first-order valence-corrected chi connectivity index (χ1v) is 11.7. The van der Waals surface area contributed by atoms with Crippen molar-refractivity contribution in [1.82, 2.24) is 4.57 Å². The van der Waals surface area contributed by atoms with Crippen LogP contribution in [0.25, 0.3) is 16.6 Å². The van der Waals surface area contributed by atoms with E-state index in [4.69, 9.17) is 14.2 Å². The van der Waals surface area contributed by atoms with Gasteiger partial charge in [0.1, 0.15) is 18.1 Å². The second-order valence-corrected chi connectivity index (χ2v) is 8.46. The molecular formula is C27H26BrNO4. The Morgan fingerprint density at radius 3 is 2.36 bits per heavy atom. The highest BCUT2D eigenvalue weighted by Crippen LogP contribution is 2.33. The fraction of sp³-hybridized carbons (Fsp3) is 0.222. The molecule has 3 aromatic carbocycles. The number of benzene rings is 3. The number of carbonyl (C=O) groups is 1. The fourth-order valence-electron chi connectivity index (χ4n) is 3.93. The van der Waals surface area contributed by atoms with Crippen LogP contribution >= 0.6 is 15.9 Å². The molecule has 4 aromatic rings. The molecule has 5 nitrogen and oxygen atoms in total. The topological polar surface area (TPSA) is 49.7 Å². The van der Waals surface area contributed by atoms with E-state index in [-0.39, 0.29) is 5.97 Å². The van der Waals surface area contributed by atoms with Gasteiger partial charge >= 0.3 is 5.97 Å². The first kappa shape index (κ1) is 22.9. The predicted molar refractivity (Wildman–Crippen MR) is 134 cm³/mol. The molecular weight excluding hydrogens is 482 g/mol. The Hall–Kier alpha value is -3.25. The summed E-state index contributed by atoms with van der Waals surface area (Å²) in [6, 6.07) is 21.7. The molecule has 0 fully saturated rings. The Balaban J connectivity index is 1.75. The van der Waals surface area contributed by atoms with Gasteiger partial charge in [-0.05, 0) is 80.9 Å². The maximum absolute atomic E-state index is 12.9. The second-order valence-electron chi connectivity index (χ2n) is 7.54. The summed E-state index contributed by atoms with van der Waals surface area (Å²) in [4.78, 5) is 12.9. The molecule has 33 heavy (non-hydrogen) atoms. The zero-order chi connectivity index (χ0) is 23.4. The van der Waals surface area contributed by atoms with Crippen molar-refractivity contribution < 1.29 is 19.0 Å². The number of rotatable bonds is 8. The van der Waals surface area contributed by atoms with Gasteiger partial charge in [-0.25, -0.2) is 4.79 Å². The van der Waals surface area contributed by atoms with Gasteiger partial charge in [-0.15, -0.1) is 0 Å². The minimum absolute atomic E-state index is 0.313. The Labute approximate surface area is 202 Å². The Morgan fingerprint density at radius 1 is 0.909 bits per heavy atom. The van der Waals surface area contributed by atoms with Gasteiger partial charge in [0.2, 0.25) is 0 Å². The number of hydrogen-bond donors (Lipinski definition) is 0. The monoisotopic (exact) mass is 507 g/mol. The lowest BCUT2D eigenvalue weighted by Crippen LogP contribution is -2.07. The molecule has 170 valence electrons. The largest absolute Gasteiger partial charge is 0.494 e. The quantitative estimate of drug-likeness (QED) is 0.244. The number of halogens is 1. The Kier molecular flexibility index (Phi) is 7.04. The fourth-order valence-corrected chi connectivity index (χ4v) is 4.38. The van der Waals surface area contributed by atoms with Gasteiger partial charge in [0, 0.05) is 21.2 Å². The highest BCUT2D eigenvalue weighted by molar-refractivity contribution is 9.10. The first-order valence-electron chi connectivity index (χ1n) is 10.9. The van der Waals surface area contributed by atoms with E-state index in [1.807, 2.05) is 87.5 Å². The van der Waals surface area contributed by atoms with Crippen LogP contribution in [0.1, 0.15) is 35.5 Å². The van der Waals surface area contributed by atoms with Crippen molar-refractivity contribution in [3.8, 4) is 17.2 Å². The van der Waals surface area contributed by atoms with Crippen LogP contribution < -0.4 is 9.47 Å². The van der Waals surface area contributed by atoms with E-state index >= 15 is 0 Å². The lowest BCUT2D eigenvalue weighted by atomic mass is 10.1. The molecule has 6 heteroatoms. The molecule has 0 saturated heterocycles. The van der Waals surface area contributed by atoms with Crippen molar-refractivity contribution >= 4 is 32.8 Å². The van der Waals surface area contributed by atoms with Gasteiger partial charge in [0.15, 0.2) is 0 Å². The zero-order valence-electron chi connectivity index (χ0n) is 18.9. The predicted octanol–water partition coefficient (Wildman–Crippen LogP) is 6.86. The molecule has 1 aromatic heterocycles. The number of aromatic nitrogens is 1. The van der Waals surface area contributed by atoms with E-state index in [1.54, 1.807) is 0 Å². The van der Waals surface area contributed by atoms with Crippen molar-refractivity contribution in [3.05, 3.63) is 88.0 Å². The van der Waals surface area contributed by atoms with E-state index in [9.17, 15) is 4.79 Å². The standard InChI is InChI=1S/C27H26BrNO4/c1-4-31-22-11-9-21(10-12-22)29-18(3)26(27(30)32-5-2)24-16-23(13-14-25(24)29)33-17-19-7-6-8-20(28)15-19/h6-16H,4-5,17H2,1-3H3. The number of ether oxygens (including phenoxy) is 3. The molecule has 4 rings (SSSR count). The number of fused-ring (bicyclic) bond motifs is 1. The van der Waals surface area contributed by atoms with Crippen LogP contribution in [0.4, 0.5) is 0 Å². The molecule has 0 aliphatic heterocycles. The van der Waals surface area contributed by atoms with Gasteiger partial charge in [0.05, 0.1) is 24.3 Å². The summed E-state index contributed by atoms with van der Waals surface area (Å²) >= 11 is 3.49. The van der Waals surface area contributed by atoms with Crippen LogP contribution in [-0.4, -0.2) is 23.8 Å². The summed E-state index contributed by atoms with van der Waals surface area (Å²) in [5, 5.41) is 0.798. The molecule has 0 atom stereocenters. The SMILES string of the molecule is CCOC(=O)c1c(C)n(-c2ccc(OCC)cc2)c2ccc(OCc3cccc(Br)c3)cc12. The van der Waals surface area contributed by atoms with Crippen molar-refractivity contribution in [2.75, 3.05) is 13.2 Å². The third kappa shape index (κ3) is 4.91. The van der Waals surface area contributed by atoms with Gasteiger partial charge in [0.25, 0.3) is 0 Å². The van der Waals surface area contributed by atoms with E-state index in [0.717, 1.165) is 38.1 Å². The molecule has 0 saturated carbocycles. The third-order valence-electron chi connectivity index (χ3n) is 5.36. The second kappa shape index (κ2) is 10.1. The number of hydrogen-bond acceptors (Lipinski definition) is 4. The summed E-state index contributed by atoms with van der Waals surface area (Å²) in [5.74, 6) is 1.16. The average Bonchev–Trinajstić information content (AvgIpc) is 3.10. The van der Waals surface area contributed by atoms with E-state index in [2.05, 4.69) is 20.5 Å². The van der Waals surface area contributed by atoms with Crippen molar-refractivity contribution in [2.24, 2.45) is 0 Å². The highest BCUT2D eigenvalue weighted by Gasteiger charge is 2.22. The summed E-state index contributed by atoms with van der Waals surface area (Å²) in [6.07, 6.45) is 0. The minimum Gasteiger partial charge on any atom is -0.494 e. The van der Waals surface area contributed by atoms with E-state index in [1.165, 1.54) is 0 Å². The van der Waals surface area contributed by atoms with Gasteiger partial charge in [-0.3, -0.25) is 0 Å². The molecule has 0 unspecified atom stereocenters. The molecule has 0 radical (unpaired) electrons. The van der Waals surface area contributed by atoms with Crippen molar-refractivity contribution in [2.45, 2.75) is 27.4 Å². The zero-order valence-corrected chi connectivity index (χ0v) is 20.5. The lowest BCUT2D eigenvalue weighted by Gasteiger charge is -2.11. The van der Waals surface area contributed by atoms with Gasteiger partial charge < -0.3 is 18.8 Å². The highest BCUT2D eigenvalue weighted by atomic mass is 79.9. The summed E-state index contributed by atoms with van der Waals surface area (Å²) in [7, 11) is 0. The van der Waals surface area contributed by atoms with Crippen LogP contribution in [0.2, 0.25) is 0 Å². The first-order chi connectivity index (χ1) is 16.0. The molecule has 0 aliphatic carbocycles. The van der Waals surface area contributed by atoms with Crippen LogP contribution in [0, 0.1) is 6.92 Å². The van der Waals surface area contributed by atoms with Crippen LogP contribution in [0.3, 0.4) is 0 Å². The van der Waals surface area contributed by atoms with Crippen molar-refractivity contribution in [3.63, 3.8) is 0 Å². The Bertz CT molecular complexity index is 1280. The van der Waals surface area contributed by atoms with Crippen molar-refractivity contribution in [1.29, 1.82) is 0 Å². The smallest absolute Gasteiger partial charge is 0.340 e. The molecule has 0 N–H and O–H groups in total.